The van der Waals surface area contributed by atoms with Crippen LogP contribution in [-0.4, -0.2) is 34.4 Å². The lowest BCUT2D eigenvalue weighted by atomic mass is 9.98. The zero-order valence-electron chi connectivity index (χ0n) is 10.4. The van der Waals surface area contributed by atoms with Gasteiger partial charge in [0.25, 0.3) is 0 Å². The van der Waals surface area contributed by atoms with Crippen LogP contribution in [0.5, 0.6) is 0 Å². The first kappa shape index (κ1) is 13.3. The van der Waals surface area contributed by atoms with Crippen LogP contribution in [0.1, 0.15) is 44.9 Å². The minimum absolute atomic E-state index is 0.00450. The van der Waals surface area contributed by atoms with E-state index in [-0.39, 0.29) is 31.0 Å². The van der Waals surface area contributed by atoms with Gasteiger partial charge in [0.2, 0.25) is 0 Å². The molecule has 102 valence electrons. The summed E-state index contributed by atoms with van der Waals surface area (Å²) in [6.07, 6.45) is 3.71. The second-order valence-corrected chi connectivity index (χ2v) is 5.33. The van der Waals surface area contributed by atoms with Crippen molar-refractivity contribution in [1.29, 1.82) is 0 Å². The number of rotatable bonds is 5. The Morgan fingerprint density at radius 3 is 2.50 bits per heavy atom. The average molecular weight is 256 g/mol. The molecule has 0 unspecified atom stereocenters. The standard InChI is InChI=1S/C13H20O5/c14-10-6-4-9-8(10)5-7-11(9)18-13(17)3-1-2-12(15)16/h8-11,14H,1-7H2,(H,15,16)/t8-,9-,10-,11+/m0/s1. The van der Waals surface area contributed by atoms with Gasteiger partial charge in [0.05, 0.1) is 6.10 Å². The third kappa shape index (κ3) is 3.02. The van der Waals surface area contributed by atoms with Crippen molar-refractivity contribution in [3.8, 4) is 0 Å². The molecule has 0 aliphatic heterocycles. The molecule has 0 aromatic carbocycles. The summed E-state index contributed by atoms with van der Waals surface area (Å²) in [6.45, 7) is 0. The zero-order chi connectivity index (χ0) is 13.1. The monoisotopic (exact) mass is 256 g/mol. The average Bonchev–Trinajstić information content (AvgIpc) is 2.83. The van der Waals surface area contributed by atoms with Crippen molar-refractivity contribution in [3.63, 3.8) is 0 Å². The van der Waals surface area contributed by atoms with Gasteiger partial charge in [-0.3, -0.25) is 9.59 Å². The first-order chi connectivity index (χ1) is 8.58. The normalized spacial score (nSPS) is 34.3. The van der Waals surface area contributed by atoms with Crippen LogP contribution in [-0.2, 0) is 14.3 Å². The molecule has 0 spiro atoms. The highest BCUT2D eigenvalue weighted by atomic mass is 16.5. The number of carbonyl (C=O) groups is 2. The number of fused-ring (bicyclic) bond motifs is 1. The minimum atomic E-state index is -0.886. The van der Waals surface area contributed by atoms with E-state index in [1.807, 2.05) is 0 Å². The van der Waals surface area contributed by atoms with E-state index in [1.54, 1.807) is 0 Å². The van der Waals surface area contributed by atoms with E-state index in [9.17, 15) is 14.7 Å². The van der Waals surface area contributed by atoms with E-state index in [4.69, 9.17) is 9.84 Å². The number of hydrogen-bond acceptors (Lipinski definition) is 4. The Bertz CT molecular complexity index is 327. The number of carbonyl (C=O) groups excluding carboxylic acids is 1. The van der Waals surface area contributed by atoms with Crippen molar-refractivity contribution in [2.45, 2.75) is 57.2 Å². The summed E-state index contributed by atoms with van der Waals surface area (Å²) in [7, 11) is 0. The number of carboxylic acid groups (broad SMARTS) is 1. The van der Waals surface area contributed by atoms with Crippen LogP contribution in [0.3, 0.4) is 0 Å². The molecule has 0 bridgehead atoms. The maximum atomic E-state index is 11.6. The molecule has 0 saturated heterocycles. The van der Waals surface area contributed by atoms with E-state index >= 15 is 0 Å². The smallest absolute Gasteiger partial charge is 0.306 e. The van der Waals surface area contributed by atoms with Gasteiger partial charge in [-0.05, 0) is 38.0 Å². The molecule has 2 N–H and O–H groups in total. The van der Waals surface area contributed by atoms with Gasteiger partial charge in [0.1, 0.15) is 6.10 Å². The summed E-state index contributed by atoms with van der Waals surface area (Å²) >= 11 is 0. The van der Waals surface area contributed by atoms with Crippen molar-refractivity contribution in [3.05, 3.63) is 0 Å². The molecular weight excluding hydrogens is 236 g/mol. The lowest BCUT2D eigenvalue weighted by Gasteiger charge is -2.19. The lowest BCUT2D eigenvalue weighted by Crippen LogP contribution is -2.24. The van der Waals surface area contributed by atoms with Crippen LogP contribution in [0.4, 0.5) is 0 Å². The Kier molecular flexibility index (Phi) is 4.22. The van der Waals surface area contributed by atoms with Crippen LogP contribution in [0.2, 0.25) is 0 Å². The van der Waals surface area contributed by atoms with Gasteiger partial charge in [0.15, 0.2) is 0 Å². The largest absolute Gasteiger partial charge is 0.481 e. The summed E-state index contributed by atoms with van der Waals surface area (Å²) in [4.78, 5) is 21.9. The van der Waals surface area contributed by atoms with Crippen molar-refractivity contribution in [2.24, 2.45) is 11.8 Å². The summed E-state index contributed by atoms with van der Waals surface area (Å²) in [6, 6.07) is 0. The summed E-state index contributed by atoms with van der Waals surface area (Å²) in [5.41, 5.74) is 0. The molecule has 5 nitrogen and oxygen atoms in total. The molecule has 2 saturated carbocycles. The molecule has 2 aliphatic carbocycles. The van der Waals surface area contributed by atoms with Gasteiger partial charge in [-0.2, -0.15) is 0 Å². The van der Waals surface area contributed by atoms with Crippen LogP contribution in [0.25, 0.3) is 0 Å². The Morgan fingerprint density at radius 1 is 1.06 bits per heavy atom. The molecule has 0 heterocycles. The third-order valence-electron chi connectivity index (χ3n) is 4.16. The highest BCUT2D eigenvalue weighted by Crippen LogP contribution is 2.45. The van der Waals surface area contributed by atoms with Crippen LogP contribution in [0, 0.1) is 11.8 Å². The quantitative estimate of drug-likeness (QED) is 0.725. The van der Waals surface area contributed by atoms with E-state index in [1.165, 1.54) is 0 Å². The molecule has 4 atom stereocenters. The van der Waals surface area contributed by atoms with Gasteiger partial charge in [-0.1, -0.05) is 0 Å². The third-order valence-corrected chi connectivity index (χ3v) is 4.16. The Morgan fingerprint density at radius 2 is 1.78 bits per heavy atom. The fraction of sp³-hybridized carbons (Fsp3) is 0.846. The summed E-state index contributed by atoms with van der Waals surface area (Å²) in [5, 5.41) is 18.2. The van der Waals surface area contributed by atoms with Crippen molar-refractivity contribution in [2.75, 3.05) is 0 Å². The number of ether oxygens (including phenoxy) is 1. The van der Waals surface area contributed by atoms with E-state index in [2.05, 4.69) is 0 Å². The highest BCUT2D eigenvalue weighted by Gasteiger charge is 2.45. The number of aliphatic hydroxyl groups is 1. The number of aliphatic hydroxyl groups excluding tert-OH is 1. The lowest BCUT2D eigenvalue weighted by molar-refractivity contribution is -0.151. The topological polar surface area (TPSA) is 83.8 Å². The summed E-state index contributed by atoms with van der Waals surface area (Å²) < 4.78 is 5.41. The zero-order valence-corrected chi connectivity index (χ0v) is 10.4. The molecule has 0 aromatic rings. The first-order valence-corrected chi connectivity index (χ1v) is 6.67. The SMILES string of the molecule is O=C(O)CCCC(=O)O[C@@H]1CC[C@H]2[C@@H]1CC[C@@H]2O. The van der Waals surface area contributed by atoms with Gasteiger partial charge >= 0.3 is 11.9 Å². The molecule has 2 aliphatic rings. The minimum Gasteiger partial charge on any atom is -0.481 e. The molecule has 2 fully saturated rings. The highest BCUT2D eigenvalue weighted by molar-refractivity contribution is 5.71. The van der Waals surface area contributed by atoms with Gasteiger partial charge in [-0.25, -0.2) is 0 Å². The number of hydrogen-bond donors (Lipinski definition) is 2. The number of aliphatic carboxylic acids is 1. The maximum Gasteiger partial charge on any atom is 0.306 e. The Labute approximate surface area is 106 Å². The predicted molar refractivity (Wildman–Crippen MR) is 62.8 cm³/mol. The fourth-order valence-electron chi connectivity index (χ4n) is 3.27. The van der Waals surface area contributed by atoms with Crippen molar-refractivity contribution < 1.29 is 24.5 Å². The Balaban J connectivity index is 1.73. The molecule has 0 radical (unpaired) electrons. The van der Waals surface area contributed by atoms with Crippen molar-refractivity contribution in [1.82, 2.24) is 0 Å². The molecule has 0 aromatic heterocycles. The van der Waals surface area contributed by atoms with Crippen LogP contribution >= 0.6 is 0 Å². The first-order valence-electron chi connectivity index (χ1n) is 6.67. The number of carboxylic acids is 1. The second kappa shape index (κ2) is 5.69. The summed E-state index contributed by atoms with van der Waals surface area (Å²) in [5.74, 6) is -0.587. The number of esters is 1. The van der Waals surface area contributed by atoms with Gasteiger partial charge < -0.3 is 14.9 Å². The molecule has 5 heteroatoms. The second-order valence-electron chi connectivity index (χ2n) is 5.33. The van der Waals surface area contributed by atoms with Crippen LogP contribution in [0.15, 0.2) is 0 Å². The van der Waals surface area contributed by atoms with Crippen molar-refractivity contribution >= 4 is 11.9 Å². The van der Waals surface area contributed by atoms with E-state index in [0.29, 0.717) is 18.3 Å². The Hall–Kier alpha value is -1.10. The van der Waals surface area contributed by atoms with Crippen LogP contribution < -0.4 is 0 Å². The molecular formula is C13H20O5. The predicted octanol–water partition coefficient (Wildman–Crippen LogP) is 1.33. The maximum absolute atomic E-state index is 11.6. The molecule has 2 rings (SSSR count). The van der Waals surface area contributed by atoms with E-state index in [0.717, 1.165) is 25.7 Å². The van der Waals surface area contributed by atoms with Gasteiger partial charge in [-0.15, -0.1) is 0 Å². The molecule has 18 heavy (non-hydrogen) atoms. The van der Waals surface area contributed by atoms with Gasteiger partial charge in [0, 0.05) is 18.8 Å². The van der Waals surface area contributed by atoms with E-state index < -0.39 is 5.97 Å². The fourth-order valence-corrected chi connectivity index (χ4v) is 3.27. The molecule has 0 amide bonds.